The number of fused-ring (bicyclic) bond motifs is 1. The van der Waals surface area contributed by atoms with Crippen molar-refractivity contribution in [3.63, 3.8) is 0 Å². The number of pyridine rings is 1. The fraction of sp³-hybridized carbons (Fsp3) is 0.0455. The number of aromatic nitrogens is 1. The van der Waals surface area contributed by atoms with Crippen LogP contribution in [0, 0.1) is 11.3 Å². The Kier molecular flexibility index (Phi) is 4.85. The van der Waals surface area contributed by atoms with Gasteiger partial charge in [-0.25, -0.2) is 4.98 Å². The van der Waals surface area contributed by atoms with Crippen LogP contribution in [-0.4, -0.2) is 18.0 Å². The molecule has 29 heavy (non-hydrogen) atoms. The van der Waals surface area contributed by atoms with Gasteiger partial charge in [0, 0.05) is 16.6 Å². The number of benzene rings is 2. The SMILES string of the molecule is COc1ccc(-c2ccc3c(N)c(C(=O)Nc4ccc(C#N)cc4)sc3n2)cc1. The van der Waals surface area contributed by atoms with Gasteiger partial charge in [0.1, 0.15) is 15.5 Å². The van der Waals surface area contributed by atoms with Crippen LogP contribution in [0.15, 0.2) is 60.7 Å². The topological polar surface area (TPSA) is 101 Å². The lowest BCUT2D eigenvalue weighted by Crippen LogP contribution is -2.11. The third-order valence-electron chi connectivity index (χ3n) is 4.46. The third-order valence-corrected chi connectivity index (χ3v) is 5.57. The second-order valence-electron chi connectivity index (χ2n) is 6.27. The molecule has 2 heterocycles. The van der Waals surface area contributed by atoms with Crippen molar-refractivity contribution < 1.29 is 9.53 Å². The average molecular weight is 400 g/mol. The molecule has 0 aliphatic rings. The van der Waals surface area contributed by atoms with E-state index in [0.717, 1.165) is 22.4 Å². The number of amides is 1. The van der Waals surface area contributed by atoms with Crippen LogP contribution < -0.4 is 15.8 Å². The van der Waals surface area contributed by atoms with Crippen molar-refractivity contribution in [3.05, 3.63) is 71.1 Å². The number of hydrogen-bond acceptors (Lipinski definition) is 6. The summed E-state index contributed by atoms with van der Waals surface area (Å²) in [6.07, 6.45) is 0. The third kappa shape index (κ3) is 3.61. The summed E-state index contributed by atoms with van der Waals surface area (Å²) in [5, 5.41) is 12.4. The molecule has 0 radical (unpaired) electrons. The van der Waals surface area contributed by atoms with Gasteiger partial charge in [0.2, 0.25) is 0 Å². The van der Waals surface area contributed by atoms with Gasteiger partial charge < -0.3 is 15.8 Å². The Morgan fingerprint density at radius 1 is 1.10 bits per heavy atom. The number of anilines is 2. The predicted octanol–water partition coefficient (Wildman–Crippen LogP) is 4.68. The molecule has 0 fully saturated rings. The molecular weight excluding hydrogens is 384 g/mol. The molecule has 2 aromatic heterocycles. The Bertz CT molecular complexity index is 1240. The second kappa shape index (κ2) is 7.62. The summed E-state index contributed by atoms with van der Waals surface area (Å²) >= 11 is 1.25. The summed E-state index contributed by atoms with van der Waals surface area (Å²) < 4.78 is 5.19. The Balaban J connectivity index is 1.63. The maximum Gasteiger partial charge on any atom is 0.267 e. The highest BCUT2D eigenvalue weighted by Gasteiger charge is 2.18. The molecule has 6 nitrogen and oxygen atoms in total. The minimum atomic E-state index is -0.304. The molecular formula is C22H16N4O2S. The van der Waals surface area contributed by atoms with Crippen LogP contribution in [0.2, 0.25) is 0 Å². The minimum Gasteiger partial charge on any atom is -0.497 e. The van der Waals surface area contributed by atoms with Gasteiger partial charge in [-0.1, -0.05) is 0 Å². The molecule has 0 saturated heterocycles. The van der Waals surface area contributed by atoms with Crippen LogP contribution in [0.3, 0.4) is 0 Å². The molecule has 0 saturated carbocycles. The standard InChI is InChI=1S/C22H16N4O2S/c1-28-16-8-4-14(5-9-16)18-11-10-17-19(24)20(29-22(17)26-18)21(27)25-15-6-2-13(12-23)3-7-15/h2-11H,24H2,1H3,(H,25,27). The van der Waals surface area contributed by atoms with E-state index in [9.17, 15) is 4.79 Å². The van der Waals surface area contributed by atoms with Crippen molar-refractivity contribution in [3.8, 4) is 23.1 Å². The summed E-state index contributed by atoms with van der Waals surface area (Å²) in [5.74, 6) is 0.471. The molecule has 0 spiro atoms. The zero-order chi connectivity index (χ0) is 20.4. The van der Waals surface area contributed by atoms with E-state index >= 15 is 0 Å². The zero-order valence-corrected chi connectivity index (χ0v) is 16.3. The summed E-state index contributed by atoms with van der Waals surface area (Å²) in [7, 11) is 1.62. The molecule has 7 heteroatoms. The Labute approximate surface area is 171 Å². The smallest absolute Gasteiger partial charge is 0.267 e. The number of ether oxygens (including phenoxy) is 1. The number of nitrogen functional groups attached to an aromatic ring is 1. The van der Waals surface area contributed by atoms with Crippen molar-refractivity contribution in [1.82, 2.24) is 4.98 Å². The summed E-state index contributed by atoms with van der Waals surface area (Å²) in [6, 6.07) is 20.1. The normalized spacial score (nSPS) is 10.5. The van der Waals surface area contributed by atoms with Crippen LogP contribution in [-0.2, 0) is 0 Å². The number of nitrogens with two attached hydrogens (primary N) is 1. The van der Waals surface area contributed by atoms with Crippen molar-refractivity contribution in [2.75, 3.05) is 18.2 Å². The number of methoxy groups -OCH3 is 1. The fourth-order valence-electron chi connectivity index (χ4n) is 2.90. The first-order chi connectivity index (χ1) is 14.1. The molecule has 0 aliphatic carbocycles. The molecule has 0 aliphatic heterocycles. The first-order valence-electron chi connectivity index (χ1n) is 8.74. The van der Waals surface area contributed by atoms with Gasteiger partial charge in [0.05, 0.1) is 30.1 Å². The van der Waals surface area contributed by atoms with Crippen LogP contribution in [0.25, 0.3) is 21.5 Å². The highest BCUT2D eigenvalue weighted by Crippen LogP contribution is 2.35. The summed E-state index contributed by atoms with van der Waals surface area (Å²) in [5.41, 5.74) is 9.49. The molecule has 3 N–H and O–H groups in total. The first-order valence-corrected chi connectivity index (χ1v) is 9.55. The lowest BCUT2D eigenvalue weighted by Gasteiger charge is -2.04. The van der Waals surface area contributed by atoms with Crippen molar-refractivity contribution >= 4 is 38.8 Å². The molecule has 0 atom stereocenters. The van der Waals surface area contributed by atoms with Gasteiger partial charge in [0.25, 0.3) is 5.91 Å². The quantitative estimate of drug-likeness (QED) is 0.518. The number of nitriles is 1. The number of carbonyl (C=O) groups is 1. The van der Waals surface area contributed by atoms with Crippen molar-refractivity contribution in [2.24, 2.45) is 0 Å². The van der Waals surface area contributed by atoms with Crippen LogP contribution in [0.1, 0.15) is 15.2 Å². The fourth-order valence-corrected chi connectivity index (χ4v) is 3.89. The lowest BCUT2D eigenvalue weighted by atomic mass is 10.1. The zero-order valence-electron chi connectivity index (χ0n) is 15.5. The summed E-state index contributed by atoms with van der Waals surface area (Å²) in [6.45, 7) is 0. The Hall–Kier alpha value is -3.89. The predicted molar refractivity (Wildman–Crippen MR) is 115 cm³/mol. The highest BCUT2D eigenvalue weighted by molar-refractivity contribution is 7.21. The van der Waals surface area contributed by atoms with E-state index in [1.165, 1.54) is 11.3 Å². The van der Waals surface area contributed by atoms with Gasteiger partial charge in [-0.05, 0) is 60.7 Å². The van der Waals surface area contributed by atoms with Crippen molar-refractivity contribution in [1.29, 1.82) is 5.26 Å². The van der Waals surface area contributed by atoms with Gasteiger partial charge >= 0.3 is 0 Å². The highest BCUT2D eigenvalue weighted by atomic mass is 32.1. The Morgan fingerprint density at radius 3 is 2.48 bits per heavy atom. The van der Waals surface area contributed by atoms with E-state index < -0.39 is 0 Å². The van der Waals surface area contributed by atoms with Gasteiger partial charge in [-0.2, -0.15) is 5.26 Å². The average Bonchev–Trinajstić information content (AvgIpc) is 3.10. The number of thiophene rings is 1. The van der Waals surface area contributed by atoms with Gasteiger partial charge in [-0.15, -0.1) is 11.3 Å². The number of rotatable bonds is 4. The van der Waals surface area contributed by atoms with E-state index in [4.69, 9.17) is 15.7 Å². The number of carbonyl (C=O) groups excluding carboxylic acids is 1. The monoisotopic (exact) mass is 400 g/mol. The van der Waals surface area contributed by atoms with Crippen LogP contribution in [0.4, 0.5) is 11.4 Å². The number of nitrogens with one attached hydrogen (secondary N) is 1. The maximum absolute atomic E-state index is 12.7. The maximum atomic E-state index is 12.7. The van der Waals surface area contributed by atoms with E-state index in [1.54, 1.807) is 31.4 Å². The van der Waals surface area contributed by atoms with E-state index in [0.29, 0.717) is 26.6 Å². The number of nitrogens with zero attached hydrogens (tertiary/aromatic N) is 2. The number of hydrogen-bond donors (Lipinski definition) is 2. The molecule has 4 rings (SSSR count). The van der Waals surface area contributed by atoms with Crippen LogP contribution in [0.5, 0.6) is 5.75 Å². The van der Waals surface area contributed by atoms with E-state index in [2.05, 4.69) is 10.3 Å². The molecule has 0 unspecified atom stereocenters. The molecule has 0 bridgehead atoms. The Morgan fingerprint density at radius 2 is 1.83 bits per heavy atom. The van der Waals surface area contributed by atoms with Crippen LogP contribution >= 0.6 is 11.3 Å². The molecule has 4 aromatic rings. The first kappa shape index (κ1) is 18.5. The van der Waals surface area contributed by atoms with Gasteiger partial charge in [0.15, 0.2) is 0 Å². The largest absolute Gasteiger partial charge is 0.497 e. The molecule has 2 aromatic carbocycles. The minimum absolute atomic E-state index is 0.304. The molecule has 1 amide bonds. The summed E-state index contributed by atoms with van der Waals surface area (Å²) in [4.78, 5) is 18.5. The molecule has 142 valence electrons. The second-order valence-corrected chi connectivity index (χ2v) is 7.26. The lowest BCUT2D eigenvalue weighted by molar-refractivity contribution is 0.103. The van der Waals surface area contributed by atoms with E-state index in [-0.39, 0.29) is 5.91 Å². The van der Waals surface area contributed by atoms with Gasteiger partial charge in [-0.3, -0.25) is 4.79 Å². The van der Waals surface area contributed by atoms with Crippen molar-refractivity contribution in [2.45, 2.75) is 0 Å². The van der Waals surface area contributed by atoms with E-state index in [1.807, 2.05) is 42.5 Å².